The first kappa shape index (κ1) is 14.4. The second-order valence-corrected chi connectivity index (χ2v) is 5.84. The number of hydrogen-bond donors (Lipinski definition) is 1. The zero-order valence-electron chi connectivity index (χ0n) is 12.6. The van der Waals surface area contributed by atoms with Crippen LogP contribution in [0, 0.1) is 6.92 Å². The largest absolute Gasteiger partial charge is 0.314 e. The molecule has 0 aliphatic carbocycles. The minimum atomic E-state index is 0.468. The van der Waals surface area contributed by atoms with E-state index < -0.39 is 0 Å². The normalized spacial score (nSPS) is 18.8. The standard InChI is InChI=1S/C15H26N4/c1-11(2)14-9-12(3)17-15(18-14)10-13(4)19-7-5-16-6-8-19/h9,11,13,16H,5-8,10H2,1-4H3. The lowest BCUT2D eigenvalue weighted by atomic mass is 10.1. The molecule has 1 atom stereocenters. The summed E-state index contributed by atoms with van der Waals surface area (Å²) in [7, 11) is 0. The van der Waals surface area contributed by atoms with Gasteiger partial charge in [0, 0.05) is 50.0 Å². The number of aromatic nitrogens is 2. The Labute approximate surface area is 116 Å². The summed E-state index contributed by atoms with van der Waals surface area (Å²) in [5.41, 5.74) is 2.25. The Balaban J connectivity index is 2.05. The average molecular weight is 262 g/mol. The van der Waals surface area contributed by atoms with Crippen LogP contribution in [-0.2, 0) is 6.42 Å². The van der Waals surface area contributed by atoms with Gasteiger partial charge in [-0.05, 0) is 25.8 Å². The third kappa shape index (κ3) is 3.98. The van der Waals surface area contributed by atoms with E-state index in [-0.39, 0.29) is 0 Å². The third-order valence-corrected chi connectivity index (χ3v) is 3.76. The minimum absolute atomic E-state index is 0.468. The molecule has 2 rings (SSSR count). The number of rotatable bonds is 4. The predicted octanol–water partition coefficient (Wildman–Crippen LogP) is 1.74. The van der Waals surface area contributed by atoms with Gasteiger partial charge in [0.15, 0.2) is 0 Å². The highest BCUT2D eigenvalue weighted by molar-refractivity contribution is 5.13. The van der Waals surface area contributed by atoms with E-state index in [0.29, 0.717) is 12.0 Å². The van der Waals surface area contributed by atoms with Gasteiger partial charge in [-0.3, -0.25) is 4.90 Å². The highest BCUT2D eigenvalue weighted by Crippen LogP contribution is 2.14. The molecule has 0 radical (unpaired) electrons. The molecule has 2 heterocycles. The van der Waals surface area contributed by atoms with Crippen molar-refractivity contribution in [3.63, 3.8) is 0 Å². The van der Waals surface area contributed by atoms with Crippen molar-refractivity contribution < 1.29 is 0 Å². The van der Waals surface area contributed by atoms with Gasteiger partial charge in [0.1, 0.15) is 5.82 Å². The third-order valence-electron chi connectivity index (χ3n) is 3.76. The van der Waals surface area contributed by atoms with E-state index in [0.717, 1.165) is 49.8 Å². The van der Waals surface area contributed by atoms with Gasteiger partial charge >= 0.3 is 0 Å². The molecule has 1 fully saturated rings. The van der Waals surface area contributed by atoms with Crippen molar-refractivity contribution in [1.29, 1.82) is 0 Å². The van der Waals surface area contributed by atoms with Gasteiger partial charge in [-0.25, -0.2) is 9.97 Å². The molecule has 1 saturated heterocycles. The summed E-state index contributed by atoms with van der Waals surface area (Å²) in [6.45, 7) is 13.2. The highest BCUT2D eigenvalue weighted by atomic mass is 15.2. The fraction of sp³-hybridized carbons (Fsp3) is 0.733. The smallest absolute Gasteiger partial charge is 0.130 e. The Bertz CT molecular complexity index is 411. The Morgan fingerprint density at radius 1 is 1.21 bits per heavy atom. The molecule has 1 aliphatic heterocycles. The lowest BCUT2D eigenvalue weighted by Gasteiger charge is -2.32. The molecule has 1 aliphatic rings. The molecular weight excluding hydrogens is 236 g/mol. The quantitative estimate of drug-likeness (QED) is 0.897. The van der Waals surface area contributed by atoms with Crippen LogP contribution in [0.4, 0.5) is 0 Å². The SMILES string of the molecule is Cc1cc(C(C)C)nc(CC(C)N2CCNCC2)n1. The van der Waals surface area contributed by atoms with Crippen molar-refractivity contribution in [3.8, 4) is 0 Å². The van der Waals surface area contributed by atoms with Crippen molar-refractivity contribution in [3.05, 3.63) is 23.3 Å². The molecule has 1 aromatic rings. The summed E-state index contributed by atoms with van der Waals surface area (Å²) in [6, 6.07) is 2.62. The fourth-order valence-corrected chi connectivity index (χ4v) is 2.56. The number of piperazine rings is 1. The van der Waals surface area contributed by atoms with E-state index >= 15 is 0 Å². The van der Waals surface area contributed by atoms with Gasteiger partial charge in [-0.1, -0.05) is 13.8 Å². The van der Waals surface area contributed by atoms with Crippen LogP contribution >= 0.6 is 0 Å². The van der Waals surface area contributed by atoms with Gasteiger partial charge in [0.2, 0.25) is 0 Å². The molecule has 19 heavy (non-hydrogen) atoms. The first-order valence-electron chi connectivity index (χ1n) is 7.35. The number of hydrogen-bond acceptors (Lipinski definition) is 4. The Kier molecular flexibility index (Phi) is 4.88. The van der Waals surface area contributed by atoms with Crippen molar-refractivity contribution >= 4 is 0 Å². The molecule has 106 valence electrons. The van der Waals surface area contributed by atoms with Gasteiger partial charge in [-0.15, -0.1) is 0 Å². The maximum atomic E-state index is 4.71. The second-order valence-electron chi connectivity index (χ2n) is 5.84. The Morgan fingerprint density at radius 2 is 1.89 bits per heavy atom. The molecule has 0 amide bonds. The number of nitrogens with zero attached hydrogens (tertiary/aromatic N) is 3. The number of nitrogens with one attached hydrogen (secondary N) is 1. The first-order valence-corrected chi connectivity index (χ1v) is 7.35. The van der Waals surface area contributed by atoms with Crippen LogP contribution in [0.1, 0.15) is 43.9 Å². The zero-order chi connectivity index (χ0) is 13.8. The Morgan fingerprint density at radius 3 is 2.53 bits per heavy atom. The molecule has 0 saturated carbocycles. The minimum Gasteiger partial charge on any atom is -0.314 e. The van der Waals surface area contributed by atoms with Gasteiger partial charge < -0.3 is 5.32 Å². The molecule has 0 aromatic carbocycles. The Hall–Kier alpha value is -1.00. The maximum absolute atomic E-state index is 4.71. The summed E-state index contributed by atoms with van der Waals surface area (Å²) in [6.07, 6.45) is 0.946. The van der Waals surface area contributed by atoms with Crippen LogP contribution < -0.4 is 5.32 Å². The summed E-state index contributed by atoms with van der Waals surface area (Å²) in [5.74, 6) is 1.46. The second kappa shape index (κ2) is 6.44. The number of aryl methyl sites for hydroxylation is 1. The van der Waals surface area contributed by atoms with Crippen molar-refractivity contribution in [2.24, 2.45) is 0 Å². The van der Waals surface area contributed by atoms with Gasteiger partial charge in [0.25, 0.3) is 0 Å². The van der Waals surface area contributed by atoms with Crippen LogP contribution in [0.15, 0.2) is 6.07 Å². The van der Waals surface area contributed by atoms with Crippen molar-refractivity contribution in [2.45, 2.75) is 46.1 Å². The molecular formula is C15H26N4. The molecule has 1 aromatic heterocycles. The zero-order valence-corrected chi connectivity index (χ0v) is 12.6. The van der Waals surface area contributed by atoms with E-state index in [2.05, 4.69) is 49.0 Å². The van der Waals surface area contributed by atoms with E-state index in [4.69, 9.17) is 4.98 Å². The van der Waals surface area contributed by atoms with Gasteiger partial charge in [0.05, 0.1) is 0 Å². The van der Waals surface area contributed by atoms with E-state index in [1.807, 2.05) is 0 Å². The summed E-state index contributed by atoms with van der Waals surface area (Å²) in [4.78, 5) is 11.8. The van der Waals surface area contributed by atoms with Crippen LogP contribution in [0.3, 0.4) is 0 Å². The van der Waals surface area contributed by atoms with Crippen LogP contribution in [0.2, 0.25) is 0 Å². The molecule has 0 spiro atoms. The average Bonchev–Trinajstić information content (AvgIpc) is 2.39. The highest BCUT2D eigenvalue weighted by Gasteiger charge is 2.18. The maximum Gasteiger partial charge on any atom is 0.130 e. The lowest BCUT2D eigenvalue weighted by molar-refractivity contribution is 0.181. The van der Waals surface area contributed by atoms with E-state index in [9.17, 15) is 0 Å². The lowest BCUT2D eigenvalue weighted by Crippen LogP contribution is -2.48. The predicted molar refractivity (Wildman–Crippen MR) is 78.5 cm³/mol. The van der Waals surface area contributed by atoms with Crippen LogP contribution in [0.5, 0.6) is 0 Å². The van der Waals surface area contributed by atoms with Crippen molar-refractivity contribution in [2.75, 3.05) is 26.2 Å². The summed E-state index contributed by atoms with van der Waals surface area (Å²) in [5, 5.41) is 3.39. The summed E-state index contributed by atoms with van der Waals surface area (Å²) >= 11 is 0. The van der Waals surface area contributed by atoms with Crippen LogP contribution in [-0.4, -0.2) is 47.1 Å². The molecule has 4 heteroatoms. The fourth-order valence-electron chi connectivity index (χ4n) is 2.56. The van der Waals surface area contributed by atoms with Crippen molar-refractivity contribution in [1.82, 2.24) is 20.2 Å². The first-order chi connectivity index (χ1) is 9.06. The van der Waals surface area contributed by atoms with E-state index in [1.165, 1.54) is 0 Å². The monoisotopic (exact) mass is 262 g/mol. The van der Waals surface area contributed by atoms with E-state index in [1.54, 1.807) is 0 Å². The molecule has 1 unspecified atom stereocenters. The molecule has 0 bridgehead atoms. The summed E-state index contributed by atoms with van der Waals surface area (Å²) < 4.78 is 0. The molecule has 4 nitrogen and oxygen atoms in total. The van der Waals surface area contributed by atoms with Gasteiger partial charge in [-0.2, -0.15) is 0 Å². The van der Waals surface area contributed by atoms with Crippen LogP contribution in [0.25, 0.3) is 0 Å². The molecule has 1 N–H and O–H groups in total. The topological polar surface area (TPSA) is 41.1 Å².